The molecule has 24 heavy (non-hydrogen) atoms. The van der Waals surface area contributed by atoms with Gasteiger partial charge in [0.2, 0.25) is 5.60 Å². The number of benzene rings is 1. The van der Waals surface area contributed by atoms with Gasteiger partial charge in [0.15, 0.2) is 0 Å². The van der Waals surface area contributed by atoms with E-state index in [4.69, 9.17) is 4.74 Å². The fraction of sp³-hybridized carbons (Fsp3) is 0.611. The molecule has 1 aliphatic rings. The van der Waals surface area contributed by atoms with Crippen molar-refractivity contribution in [1.82, 2.24) is 0 Å². The fourth-order valence-electron chi connectivity index (χ4n) is 3.47. The minimum absolute atomic E-state index is 0.172. The molecule has 0 saturated carbocycles. The van der Waals surface area contributed by atoms with Gasteiger partial charge in [-0.15, -0.1) is 0 Å². The van der Waals surface area contributed by atoms with E-state index >= 15 is 0 Å². The van der Waals surface area contributed by atoms with E-state index in [-0.39, 0.29) is 23.3 Å². The van der Waals surface area contributed by atoms with Gasteiger partial charge in [-0.1, -0.05) is 0 Å². The van der Waals surface area contributed by atoms with Crippen LogP contribution >= 0.6 is 0 Å². The van der Waals surface area contributed by atoms with Crippen LogP contribution in [0.1, 0.15) is 63.3 Å². The lowest BCUT2D eigenvalue weighted by Crippen LogP contribution is -2.45. The average Bonchev–Trinajstić information content (AvgIpc) is 2.36. The number of carboxylic acids is 1. The molecule has 1 unspecified atom stereocenters. The van der Waals surface area contributed by atoms with E-state index in [1.165, 1.54) is 34.6 Å². The predicted molar refractivity (Wildman–Crippen MR) is 88.3 cm³/mol. The Balaban J connectivity index is 2.86. The highest BCUT2D eigenvalue weighted by molar-refractivity contribution is 5.78. The Bertz CT molecular complexity index is 693. The molecule has 0 bridgehead atoms. The zero-order chi connectivity index (χ0) is 18.7. The van der Waals surface area contributed by atoms with Gasteiger partial charge in [0, 0.05) is 28.7 Å². The minimum Gasteiger partial charge on any atom is -0.507 e. The molecule has 1 aromatic rings. The van der Waals surface area contributed by atoms with E-state index in [1.54, 1.807) is 6.92 Å². The van der Waals surface area contributed by atoms with Crippen molar-refractivity contribution in [3.05, 3.63) is 22.3 Å². The summed E-state index contributed by atoms with van der Waals surface area (Å²) in [4.78, 5) is 11.6. The van der Waals surface area contributed by atoms with Crippen LogP contribution in [0, 0.1) is 6.92 Å². The number of phenolic OH excluding ortho intramolecular Hbond substituents is 1. The Hall–Kier alpha value is -1.79. The molecule has 1 aromatic carbocycles. The van der Waals surface area contributed by atoms with Gasteiger partial charge < -0.3 is 25.2 Å². The lowest BCUT2D eigenvalue weighted by molar-refractivity contribution is -0.155. The summed E-state index contributed by atoms with van der Waals surface area (Å²) in [5.74, 6) is -0.928. The van der Waals surface area contributed by atoms with Crippen LogP contribution in [0.3, 0.4) is 0 Å². The van der Waals surface area contributed by atoms with Gasteiger partial charge in [0.25, 0.3) is 0 Å². The number of aliphatic hydroxyl groups is 2. The Morgan fingerprint density at radius 3 is 2.04 bits per heavy atom. The Morgan fingerprint density at radius 1 is 1.12 bits per heavy atom. The van der Waals surface area contributed by atoms with Gasteiger partial charge >= 0.3 is 5.97 Å². The average molecular weight is 338 g/mol. The van der Waals surface area contributed by atoms with Gasteiger partial charge in [-0.2, -0.15) is 0 Å². The molecule has 1 heterocycles. The summed E-state index contributed by atoms with van der Waals surface area (Å²) in [5, 5.41) is 41.2. The van der Waals surface area contributed by atoms with E-state index < -0.39 is 22.8 Å². The van der Waals surface area contributed by atoms with Gasteiger partial charge in [0.05, 0.1) is 11.2 Å². The summed E-state index contributed by atoms with van der Waals surface area (Å²) in [7, 11) is 0. The number of hydrogen-bond donors (Lipinski definition) is 4. The first-order valence-corrected chi connectivity index (χ1v) is 7.96. The van der Waals surface area contributed by atoms with Crippen LogP contribution < -0.4 is 4.74 Å². The maximum atomic E-state index is 11.6. The third-order valence-electron chi connectivity index (χ3n) is 4.62. The molecule has 0 radical (unpaired) electrons. The molecular weight excluding hydrogens is 312 g/mol. The lowest BCUT2D eigenvalue weighted by atomic mass is 9.79. The summed E-state index contributed by atoms with van der Waals surface area (Å²) >= 11 is 0. The molecule has 4 N–H and O–H groups in total. The maximum Gasteiger partial charge on any atom is 0.347 e. The lowest BCUT2D eigenvalue weighted by Gasteiger charge is -2.38. The van der Waals surface area contributed by atoms with Crippen molar-refractivity contribution in [2.45, 2.75) is 71.2 Å². The first-order chi connectivity index (χ1) is 10.7. The van der Waals surface area contributed by atoms with E-state index in [2.05, 4.69) is 0 Å². The summed E-state index contributed by atoms with van der Waals surface area (Å²) in [5.41, 5.74) is -2.58. The molecule has 0 saturated heterocycles. The highest BCUT2D eigenvalue weighted by Gasteiger charge is 2.44. The number of carboxylic acid groups (broad SMARTS) is 1. The smallest absolute Gasteiger partial charge is 0.347 e. The van der Waals surface area contributed by atoms with Crippen molar-refractivity contribution in [2.24, 2.45) is 0 Å². The van der Waals surface area contributed by atoms with Gasteiger partial charge in [0.1, 0.15) is 11.5 Å². The summed E-state index contributed by atoms with van der Waals surface area (Å²) in [6, 6.07) is 0. The number of ether oxygens (including phenoxy) is 1. The number of phenols is 1. The van der Waals surface area contributed by atoms with Crippen molar-refractivity contribution in [1.29, 1.82) is 0 Å². The predicted octanol–water partition coefficient (Wildman–Crippen LogP) is 2.32. The first-order valence-electron chi connectivity index (χ1n) is 7.96. The van der Waals surface area contributed by atoms with E-state index in [1.807, 2.05) is 0 Å². The van der Waals surface area contributed by atoms with Crippen LogP contribution in [0.4, 0.5) is 0 Å². The normalized spacial score (nSPS) is 21.2. The first kappa shape index (κ1) is 18.5. The highest BCUT2D eigenvalue weighted by atomic mass is 16.5. The molecule has 1 aliphatic heterocycles. The molecule has 2 rings (SSSR count). The molecule has 0 fully saturated rings. The van der Waals surface area contributed by atoms with Gasteiger partial charge in [-0.25, -0.2) is 4.79 Å². The number of aromatic hydroxyl groups is 1. The Labute approximate surface area is 141 Å². The molecule has 0 aromatic heterocycles. The summed E-state index contributed by atoms with van der Waals surface area (Å²) in [6.07, 6.45) is 0.567. The maximum absolute atomic E-state index is 11.6. The van der Waals surface area contributed by atoms with E-state index in [0.717, 1.165) is 0 Å². The van der Waals surface area contributed by atoms with Crippen LogP contribution in [0.15, 0.2) is 0 Å². The molecule has 0 amide bonds. The molecule has 6 nitrogen and oxygen atoms in total. The molecular formula is C18H26O6. The molecule has 6 heteroatoms. The highest BCUT2D eigenvalue weighted by Crippen LogP contribution is 2.49. The zero-order valence-electron chi connectivity index (χ0n) is 15.0. The SMILES string of the molecule is Cc1c2c(c(C(C)(C)O)c(O)c1C(C)(C)O)CCC(C)(C(=O)O)O2. The third kappa shape index (κ3) is 2.84. The van der Waals surface area contributed by atoms with Crippen LogP contribution in [0.25, 0.3) is 0 Å². The second kappa shape index (κ2) is 5.36. The zero-order valence-corrected chi connectivity index (χ0v) is 15.0. The van der Waals surface area contributed by atoms with Gasteiger partial charge in [-0.3, -0.25) is 0 Å². The van der Waals surface area contributed by atoms with Crippen LogP contribution in [0.2, 0.25) is 0 Å². The van der Waals surface area contributed by atoms with Gasteiger partial charge in [-0.05, 0) is 48.0 Å². The Kier molecular flexibility index (Phi) is 4.14. The third-order valence-corrected chi connectivity index (χ3v) is 4.62. The monoisotopic (exact) mass is 338 g/mol. The number of rotatable bonds is 3. The number of fused-ring (bicyclic) bond motifs is 1. The van der Waals surface area contributed by atoms with Crippen molar-refractivity contribution in [3.63, 3.8) is 0 Å². The van der Waals surface area contributed by atoms with Crippen LogP contribution in [-0.2, 0) is 22.4 Å². The largest absolute Gasteiger partial charge is 0.507 e. The second-order valence-corrected chi connectivity index (χ2v) is 7.79. The topological polar surface area (TPSA) is 107 Å². The number of hydrogen-bond acceptors (Lipinski definition) is 5. The quantitative estimate of drug-likeness (QED) is 0.674. The standard InChI is InChI=1S/C18H26O6/c1-9-11(16(2,3)22)13(19)12(17(4,5)23)10-7-8-18(6,15(20)21)24-14(9)10/h19,22-23H,7-8H2,1-6H3,(H,20,21). The van der Waals surface area contributed by atoms with E-state index in [9.17, 15) is 25.2 Å². The van der Waals surface area contributed by atoms with Crippen molar-refractivity contribution >= 4 is 5.97 Å². The second-order valence-electron chi connectivity index (χ2n) is 7.79. The molecule has 0 spiro atoms. The van der Waals surface area contributed by atoms with Crippen molar-refractivity contribution in [3.8, 4) is 11.5 Å². The van der Waals surface area contributed by atoms with Crippen molar-refractivity contribution < 1.29 is 30.0 Å². The molecule has 134 valence electrons. The molecule has 0 aliphatic carbocycles. The number of carbonyl (C=O) groups is 1. The molecule has 1 atom stereocenters. The van der Waals surface area contributed by atoms with Crippen LogP contribution in [-0.4, -0.2) is 32.0 Å². The fourth-order valence-corrected chi connectivity index (χ4v) is 3.47. The van der Waals surface area contributed by atoms with Crippen molar-refractivity contribution in [2.75, 3.05) is 0 Å². The van der Waals surface area contributed by atoms with Crippen LogP contribution in [0.5, 0.6) is 11.5 Å². The minimum atomic E-state index is -1.39. The summed E-state index contributed by atoms with van der Waals surface area (Å²) < 4.78 is 5.81. The summed E-state index contributed by atoms with van der Waals surface area (Å²) in [6.45, 7) is 9.29. The van der Waals surface area contributed by atoms with E-state index in [0.29, 0.717) is 23.3 Å². The Morgan fingerprint density at radius 2 is 1.62 bits per heavy atom. The number of aliphatic carboxylic acids is 1.